The van der Waals surface area contributed by atoms with Crippen LogP contribution < -0.4 is 16.0 Å². The zero-order valence-corrected chi connectivity index (χ0v) is 35.9. The summed E-state index contributed by atoms with van der Waals surface area (Å²) in [6.07, 6.45) is -1.40. The van der Waals surface area contributed by atoms with Crippen LogP contribution in [0.3, 0.4) is 0 Å². The van der Waals surface area contributed by atoms with Crippen LogP contribution in [0.4, 0.5) is 22.8 Å². The number of carbonyl (C=O) groups is 3. The summed E-state index contributed by atoms with van der Waals surface area (Å²) in [6, 6.07) is 17.3. The molecule has 4 amide bonds. The molecule has 19 heteroatoms. The third kappa shape index (κ3) is 13.5. The van der Waals surface area contributed by atoms with Crippen LogP contribution in [0.1, 0.15) is 77.4 Å². The summed E-state index contributed by atoms with van der Waals surface area (Å²) in [5, 5.41) is 19.2. The van der Waals surface area contributed by atoms with Crippen LogP contribution in [-0.4, -0.2) is 90.8 Å². The Labute approximate surface area is 360 Å². The number of alkyl halides is 3. The predicted octanol–water partition coefficient (Wildman–Crippen LogP) is 6.79. The van der Waals surface area contributed by atoms with Gasteiger partial charge in [0.05, 0.1) is 34.2 Å². The lowest BCUT2D eigenvalue weighted by Gasteiger charge is -2.30. The van der Waals surface area contributed by atoms with E-state index < -0.39 is 42.1 Å². The van der Waals surface area contributed by atoms with Gasteiger partial charge in [-0.15, -0.1) is 32.9 Å². The highest BCUT2D eigenvalue weighted by molar-refractivity contribution is 7.09. The van der Waals surface area contributed by atoms with Crippen LogP contribution in [0.15, 0.2) is 77.8 Å². The molecule has 3 atom stereocenters. The second kappa shape index (κ2) is 21.4. The van der Waals surface area contributed by atoms with Crippen molar-refractivity contribution in [2.24, 2.45) is 0 Å². The molecule has 6 rings (SSSR count). The van der Waals surface area contributed by atoms with Crippen molar-refractivity contribution >= 4 is 40.7 Å². The maximum Gasteiger partial charge on any atom is 0.451 e. The van der Waals surface area contributed by atoms with Gasteiger partial charge in [-0.3, -0.25) is 14.7 Å². The van der Waals surface area contributed by atoms with E-state index >= 15 is 0 Å². The third-order valence-corrected chi connectivity index (χ3v) is 12.2. The molecule has 61 heavy (non-hydrogen) atoms. The first-order valence-corrected chi connectivity index (χ1v) is 21.9. The zero-order valence-electron chi connectivity index (χ0n) is 34.3. The molecule has 3 aromatic heterocycles. The van der Waals surface area contributed by atoms with Crippen LogP contribution in [-0.2, 0) is 54.8 Å². The van der Waals surface area contributed by atoms with Crippen LogP contribution in [0, 0.1) is 0 Å². The van der Waals surface area contributed by atoms with Crippen molar-refractivity contribution in [1.29, 1.82) is 0 Å². The largest absolute Gasteiger partial charge is 0.451 e. The predicted molar refractivity (Wildman–Crippen MR) is 226 cm³/mol. The minimum absolute atomic E-state index is 0.0330. The van der Waals surface area contributed by atoms with Crippen LogP contribution in [0.2, 0.25) is 0 Å². The van der Waals surface area contributed by atoms with E-state index in [1.54, 1.807) is 18.8 Å². The number of aromatic nitrogens is 5. The zero-order chi connectivity index (χ0) is 43.4. The Morgan fingerprint density at radius 2 is 1.56 bits per heavy atom. The van der Waals surface area contributed by atoms with Gasteiger partial charge in [-0.2, -0.15) is 13.2 Å². The van der Waals surface area contributed by atoms with Crippen molar-refractivity contribution in [3.63, 3.8) is 0 Å². The molecule has 0 saturated carbocycles. The molecule has 0 bridgehead atoms. The smallest absolute Gasteiger partial charge is 0.444 e. The van der Waals surface area contributed by atoms with Gasteiger partial charge in [0.25, 0.3) is 0 Å². The first-order chi connectivity index (χ1) is 29.3. The van der Waals surface area contributed by atoms with Gasteiger partial charge < -0.3 is 30.2 Å². The lowest BCUT2D eigenvalue weighted by Crippen LogP contribution is -2.53. The monoisotopic (exact) mass is 880 g/mol. The molecule has 14 nitrogen and oxygen atoms in total. The number of fused-ring (bicyclic) bond motifs is 1. The molecule has 0 spiro atoms. The maximum atomic E-state index is 14.4. The van der Waals surface area contributed by atoms with E-state index in [0.29, 0.717) is 25.7 Å². The lowest BCUT2D eigenvalue weighted by molar-refractivity contribution is -0.148. The fourth-order valence-corrected chi connectivity index (χ4v) is 8.37. The number of thiazole rings is 2. The van der Waals surface area contributed by atoms with Crippen molar-refractivity contribution < 1.29 is 32.3 Å². The summed E-state index contributed by atoms with van der Waals surface area (Å²) in [6.45, 7) is 5.12. The van der Waals surface area contributed by atoms with Crippen molar-refractivity contribution in [1.82, 2.24) is 50.5 Å². The Morgan fingerprint density at radius 3 is 2.16 bits per heavy atom. The number of rotatable bonds is 19. The number of urea groups is 1. The van der Waals surface area contributed by atoms with Crippen LogP contribution in [0.5, 0.6) is 0 Å². The molecule has 1 aliphatic heterocycles. The average Bonchev–Trinajstić information content (AvgIpc) is 4.03. The fourth-order valence-electron chi connectivity index (χ4n) is 7.03. The molecule has 0 fully saturated rings. The maximum absolute atomic E-state index is 14.4. The van der Waals surface area contributed by atoms with Gasteiger partial charge in [-0.25, -0.2) is 14.6 Å². The van der Waals surface area contributed by atoms with Gasteiger partial charge >= 0.3 is 18.3 Å². The molecule has 5 aromatic rings. The summed E-state index contributed by atoms with van der Waals surface area (Å²) in [4.78, 5) is 54.0. The summed E-state index contributed by atoms with van der Waals surface area (Å²) < 4.78 is 47.2. The van der Waals surface area contributed by atoms with Gasteiger partial charge in [0.1, 0.15) is 18.5 Å². The number of nitrogens with zero attached hydrogens (tertiary/aromatic N) is 7. The number of benzene rings is 2. The fraction of sp³-hybridized carbons (Fsp3) is 0.452. The molecule has 3 unspecified atom stereocenters. The number of halogens is 3. The first kappa shape index (κ1) is 45.1. The molecule has 0 saturated heterocycles. The Balaban J connectivity index is 1.17. The van der Waals surface area contributed by atoms with Crippen LogP contribution >= 0.6 is 22.7 Å². The number of carbonyl (C=O) groups excluding carboxylic acids is 3. The van der Waals surface area contributed by atoms with Gasteiger partial charge in [-0.1, -0.05) is 74.5 Å². The molecule has 1 aliphatic rings. The van der Waals surface area contributed by atoms with Crippen LogP contribution in [0.25, 0.3) is 0 Å². The van der Waals surface area contributed by atoms with Crippen molar-refractivity contribution in [3.8, 4) is 0 Å². The number of hydrogen-bond acceptors (Lipinski definition) is 11. The molecule has 0 aliphatic carbocycles. The Bertz CT molecular complexity index is 2150. The minimum Gasteiger partial charge on any atom is -0.444 e. The summed E-state index contributed by atoms with van der Waals surface area (Å²) in [5.74, 6) is -1.02. The van der Waals surface area contributed by atoms with E-state index in [1.165, 1.54) is 27.6 Å². The molecular weight excluding hydrogens is 830 g/mol. The molecule has 4 heterocycles. The van der Waals surface area contributed by atoms with E-state index in [0.717, 1.165) is 31.3 Å². The van der Waals surface area contributed by atoms with Gasteiger partial charge in [-0.05, 0) is 43.2 Å². The molecule has 2 aromatic carbocycles. The van der Waals surface area contributed by atoms with Crippen molar-refractivity contribution in [2.45, 2.75) is 102 Å². The third-order valence-electron chi connectivity index (χ3n) is 10.3. The Morgan fingerprint density at radius 1 is 0.885 bits per heavy atom. The van der Waals surface area contributed by atoms with Gasteiger partial charge in [0, 0.05) is 56.3 Å². The van der Waals surface area contributed by atoms with Gasteiger partial charge in [0.15, 0.2) is 0 Å². The second-order valence-corrected chi connectivity index (χ2v) is 17.3. The molecule has 0 radical (unpaired) electrons. The first-order valence-electron chi connectivity index (χ1n) is 20.2. The molecular formula is C42H51F3N10O4S2. The highest BCUT2D eigenvalue weighted by atomic mass is 32.1. The second-order valence-electron chi connectivity index (χ2n) is 15.4. The quantitative estimate of drug-likeness (QED) is 0.0812. The van der Waals surface area contributed by atoms with Crippen molar-refractivity contribution in [3.05, 3.63) is 116 Å². The Hall–Kier alpha value is -5.40. The number of hydrogen-bond donors (Lipinski definition) is 3. The van der Waals surface area contributed by atoms with E-state index in [1.807, 2.05) is 84.8 Å². The lowest BCUT2D eigenvalue weighted by atomic mass is 9.95. The number of nitrogens with one attached hydrogen (secondary N) is 3. The average molecular weight is 881 g/mol. The summed E-state index contributed by atoms with van der Waals surface area (Å²) in [5.41, 5.74) is 4.42. The van der Waals surface area contributed by atoms with E-state index in [-0.39, 0.29) is 63.5 Å². The standard InChI is InChI=1S/C42H51F3N10O4S2/c1-28(2)38-48-33(26-60-38)23-53(3)40(57)50-35(16-17-54-18-19-55-36(24-54)51-52-39(55)42(43,44)45)37(56)47-31(20-29-10-6-4-7-11-29)14-15-32(21-30-12-8-5-9-13-30)49-41(58)59-25-34-22-46-27-61-34/h4-13,22,26-28,31-32,35H,14-21,23-25H2,1-3H3,(H,47,56)(H,49,58)(H,50,57). The highest BCUT2D eigenvalue weighted by Gasteiger charge is 2.39. The van der Waals surface area contributed by atoms with Gasteiger partial charge in [0.2, 0.25) is 11.7 Å². The Kier molecular flexibility index (Phi) is 15.8. The van der Waals surface area contributed by atoms with E-state index in [2.05, 4.69) is 36.1 Å². The minimum atomic E-state index is -4.62. The van der Waals surface area contributed by atoms with E-state index in [4.69, 9.17) is 4.74 Å². The number of amides is 4. The topological polar surface area (TPSA) is 160 Å². The number of ether oxygens (including phenoxy) is 1. The van der Waals surface area contributed by atoms with E-state index in [9.17, 15) is 27.6 Å². The molecule has 326 valence electrons. The highest BCUT2D eigenvalue weighted by Crippen LogP contribution is 2.29. The SMILES string of the molecule is CC(C)c1nc(CN(C)C(=O)NC(CCN2CCn3c(nnc3C(F)(F)F)C2)C(=O)NC(CCC(Cc2ccccc2)NC(=O)OCc2cncs2)Cc2ccccc2)cs1. The number of alkyl carbamates (subject to hydrolysis) is 1. The summed E-state index contributed by atoms with van der Waals surface area (Å²) in [7, 11) is 1.63. The molecule has 3 N–H and O–H groups in total. The summed E-state index contributed by atoms with van der Waals surface area (Å²) >= 11 is 2.92. The normalized spacial score (nSPS) is 14.5. The van der Waals surface area contributed by atoms with Crippen molar-refractivity contribution in [2.75, 3.05) is 20.1 Å².